The molecular weight excluding hydrogens is 363 g/mol. The van der Waals surface area contributed by atoms with Crippen molar-refractivity contribution in [1.82, 2.24) is 5.32 Å². The fraction of sp³-hybridized carbons (Fsp3) is 0.263. The van der Waals surface area contributed by atoms with Gasteiger partial charge in [0.05, 0.1) is 11.6 Å². The molecule has 0 fully saturated rings. The van der Waals surface area contributed by atoms with E-state index in [1.807, 2.05) is 0 Å². The number of carboxylic acids is 1. The number of carbonyl (C=O) groups is 2. The van der Waals surface area contributed by atoms with Crippen molar-refractivity contribution in [2.45, 2.75) is 32.2 Å². The number of aromatic carboxylic acids is 1. The molecule has 1 aliphatic carbocycles. The number of halogens is 3. The smallest absolute Gasteiger partial charge is 0.478 e. The summed E-state index contributed by atoms with van der Waals surface area (Å²) in [6, 6.07) is 7.96. The lowest BCUT2D eigenvalue weighted by molar-refractivity contribution is -0.274. The molecule has 0 aliphatic heterocycles. The number of carboxylic acid groups (broad SMARTS) is 1. The zero-order valence-corrected chi connectivity index (χ0v) is 14.3. The maximum absolute atomic E-state index is 12.6. The van der Waals surface area contributed by atoms with Gasteiger partial charge in [-0.2, -0.15) is 0 Å². The van der Waals surface area contributed by atoms with Crippen LogP contribution in [-0.2, 0) is 6.42 Å². The zero-order chi connectivity index (χ0) is 19.8. The van der Waals surface area contributed by atoms with Crippen molar-refractivity contribution < 1.29 is 32.6 Å². The van der Waals surface area contributed by atoms with Gasteiger partial charge in [0.15, 0.2) is 0 Å². The van der Waals surface area contributed by atoms with E-state index in [4.69, 9.17) is 5.11 Å². The third kappa shape index (κ3) is 4.21. The summed E-state index contributed by atoms with van der Waals surface area (Å²) < 4.78 is 40.7. The largest absolute Gasteiger partial charge is 0.573 e. The molecule has 0 bridgehead atoms. The van der Waals surface area contributed by atoms with Gasteiger partial charge in [0.25, 0.3) is 5.91 Å². The summed E-state index contributed by atoms with van der Waals surface area (Å²) >= 11 is 0. The Morgan fingerprint density at radius 2 is 1.93 bits per heavy atom. The Balaban J connectivity index is 1.78. The average molecular weight is 379 g/mol. The Morgan fingerprint density at radius 3 is 2.56 bits per heavy atom. The van der Waals surface area contributed by atoms with Crippen LogP contribution in [0.2, 0.25) is 0 Å². The summed E-state index contributed by atoms with van der Waals surface area (Å²) in [7, 11) is 0. The number of alkyl halides is 3. The van der Waals surface area contributed by atoms with Gasteiger partial charge in [0.2, 0.25) is 0 Å². The van der Waals surface area contributed by atoms with Crippen molar-refractivity contribution in [3.05, 3.63) is 64.2 Å². The van der Waals surface area contributed by atoms with E-state index in [2.05, 4.69) is 10.1 Å². The summed E-state index contributed by atoms with van der Waals surface area (Å²) in [5.74, 6) is -1.88. The Bertz CT molecular complexity index is 908. The predicted molar refractivity (Wildman–Crippen MR) is 89.8 cm³/mol. The summed E-state index contributed by atoms with van der Waals surface area (Å²) in [5.41, 5.74) is 2.42. The molecule has 142 valence electrons. The van der Waals surface area contributed by atoms with Gasteiger partial charge in [-0.3, -0.25) is 4.79 Å². The molecule has 8 heteroatoms. The highest BCUT2D eigenvalue weighted by molar-refractivity contribution is 5.96. The number of amides is 1. The number of benzene rings is 2. The standard InChI is InChI=1S/C19H16F3NO4/c1-10-8-13(27-19(20,21)22)5-6-14(10)17(24)23-16-7-4-11-2-3-12(18(25)26)9-15(11)16/h2-3,5-6,8-9,16H,4,7H2,1H3,(H,23,24)(H,25,26). The first-order valence-corrected chi connectivity index (χ1v) is 8.17. The summed E-state index contributed by atoms with van der Waals surface area (Å²) in [4.78, 5) is 23.7. The van der Waals surface area contributed by atoms with Gasteiger partial charge in [-0.1, -0.05) is 6.07 Å². The molecule has 0 radical (unpaired) electrons. The highest BCUT2D eigenvalue weighted by Gasteiger charge is 2.31. The molecule has 0 spiro atoms. The van der Waals surface area contributed by atoms with Crippen LogP contribution in [0.15, 0.2) is 36.4 Å². The predicted octanol–water partition coefficient (Wildman–Crippen LogP) is 4.01. The molecule has 2 aromatic rings. The lowest BCUT2D eigenvalue weighted by atomic mass is 10.0. The van der Waals surface area contributed by atoms with Gasteiger partial charge in [-0.15, -0.1) is 13.2 Å². The van der Waals surface area contributed by atoms with Gasteiger partial charge < -0.3 is 15.2 Å². The molecular formula is C19H16F3NO4. The van der Waals surface area contributed by atoms with Gasteiger partial charge in [0, 0.05) is 5.56 Å². The number of rotatable bonds is 4. The molecule has 1 amide bonds. The lowest BCUT2D eigenvalue weighted by Crippen LogP contribution is -2.28. The van der Waals surface area contributed by atoms with Crippen molar-refractivity contribution in [1.29, 1.82) is 0 Å². The molecule has 2 N–H and O–H groups in total. The third-order valence-electron chi connectivity index (χ3n) is 4.45. The van der Waals surface area contributed by atoms with Crippen molar-refractivity contribution in [2.24, 2.45) is 0 Å². The Hall–Kier alpha value is -3.03. The quantitative estimate of drug-likeness (QED) is 0.842. The third-order valence-corrected chi connectivity index (χ3v) is 4.45. The fourth-order valence-corrected chi connectivity index (χ4v) is 3.21. The first-order chi connectivity index (χ1) is 12.6. The summed E-state index contributed by atoms with van der Waals surface area (Å²) in [6.45, 7) is 1.52. The zero-order valence-electron chi connectivity index (χ0n) is 14.3. The van der Waals surface area contributed by atoms with Gasteiger partial charge in [-0.05, 0) is 66.8 Å². The van der Waals surface area contributed by atoms with E-state index in [9.17, 15) is 22.8 Å². The highest BCUT2D eigenvalue weighted by atomic mass is 19.4. The first kappa shape index (κ1) is 18.8. The van der Waals surface area contributed by atoms with E-state index in [-0.39, 0.29) is 17.2 Å². The van der Waals surface area contributed by atoms with Crippen LogP contribution in [0, 0.1) is 6.92 Å². The van der Waals surface area contributed by atoms with Crippen molar-refractivity contribution in [3.8, 4) is 5.75 Å². The summed E-state index contributed by atoms with van der Waals surface area (Å²) in [6.07, 6.45) is -3.47. The molecule has 1 atom stereocenters. The van der Waals surface area contributed by atoms with Crippen molar-refractivity contribution >= 4 is 11.9 Å². The maximum Gasteiger partial charge on any atom is 0.573 e. The van der Waals surface area contributed by atoms with E-state index >= 15 is 0 Å². The van der Waals surface area contributed by atoms with Crippen molar-refractivity contribution in [3.63, 3.8) is 0 Å². The number of hydrogen-bond donors (Lipinski definition) is 2. The highest BCUT2D eigenvalue weighted by Crippen LogP contribution is 2.32. The molecule has 1 aliphatic rings. The first-order valence-electron chi connectivity index (χ1n) is 8.17. The molecule has 0 saturated carbocycles. The second-order valence-electron chi connectivity index (χ2n) is 6.31. The summed E-state index contributed by atoms with van der Waals surface area (Å²) in [5, 5.41) is 12.0. The van der Waals surface area contributed by atoms with Crippen LogP contribution in [0.1, 0.15) is 49.9 Å². The molecule has 3 rings (SSSR count). The second-order valence-corrected chi connectivity index (χ2v) is 6.31. The number of nitrogens with one attached hydrogen (secondary N) is 1. The van der Waals surface area contributed by atoms with Crippen LogP contribution in [0.3, 0.4) is 0 Å². The molecule has 27 heavy (non-hydrogen) atoms. The number of ether oxygens (including phenoxy) is 1. The van der Waals surface area contributed by atoms with Gasteiger partial charge >= 0.3 is 12.3 Å². The van der Waals surface area contributed by atoms with E-state index in [1.54, 1.807) is 12.1 Å². The van der Waals surface area contributed by atoms with E-state index in [0.29, 0.717) is 18.4 Å². The van der Waals surface area contributed by atoms with Crippen LogP contribution in [-0.4, -0.2) is 23.3 Å². The normalized spacial score (nSPS) is 15.9. The van der Waals surface area contributed by atoms with Gasteiger partial charge in [0.1, 0.15) is 5.75 Å². The van der Waals surface area contributed by atoms with E-state index in [0.717, 1.165) is 23.3 Å². The van der Waals surface area contributed by atoms with Crippen LogP contribution >= 0.6 is 0 Å². The maximum atomic E-state index is 12.6. The number of aryl methyl sites for hydroxylation is 2. The number of carbonyl (C=O) groups excluding carboxylic acids is 1. The molecule has 0 aromatic heterocycles. The molecule has 5 nitrogen and oxygen atoms in total. The van der Waals surface area contributed by atoms with Gasteiger partial charge in [-0.25, -0.2) is 4.79 Å². The average Bonchev–Trinajstić information content (AvgIpc) is 2.95. The molecule has 0 heterocycles. The number of hydrogen-bond acceptors (Lipinski definition) is 3. The SMILES string of the molecule is Cc1cc(OC(F)(F)F)ccc1C(=O)NC1CCc2ccc(C(=O)O)cc21. The second kappa shape index (κ2) is 6.94. The number of fused-ring (bicyclic) bond motifs is 1. The van der Waals surface area contributed by atoms with E-state index < -0.39 is 24.0 Å². The minimum atomic E-state index is -4.80. The topological polar surface area (TPSA) is 75.6 Å². The fourth-order valence-electron chi connectivity index (χ4n) is 3.21. The van der Waals surface area contributed by atoms with Crippen LogP contribution < -0.4 is 10.1 Å². The Labute approximate surface area is 152 Å². The van der Waals surface area contributed by atoms with E-state index in [1.165, 1.54) is 19.1 Å². The Morgan fingerprint density at radius 1 is 1.19 bits per heavy atom. The van der Waals surface area contributed by atoms with Crippen LogP contribution in [0.5, 0.6) is 5.75 Å². The molecule has 1 unspecified atom stereocenters. The Kier molecular flexibility index (Phi) is 4.82. The van der Waals surface area contributed by atoms with Crippen LogP contribution in [0.4, 0.5) is 13.2 Å². The lowest BCUT2D eigenvalue weighted by Gasteiger charge is -2.16. The van der Waals surface area contributed by atoms with Crippen molar-refractivity contribution in [2.75, 3.05) is 0 Å². The minimum absolute atomic E-state index is 0.139. The monoisotopic (exact) mass is 379 g/mol. The minimum Gasteiger partial charge on any atom is -0.478 e. The van der Waals surface area contributed by atoms with Crippen LogP contribution in [0.25, 0.3) is 0 Å². The molecule has 2 aromatic carbocycles. The molecule has 0 saturated heterocycles.